The number of halogens is 1. The number of hydrogen-bond donors (Lipinski definition) is 1. The van der Waals surface area contributed by atoms with E-state index in [1.165, 1.54) is 4.31 Å². The minimum absolute atomic E-state index is 0.0246. The van der Waals surface area contributed by atoms with Crippen LogP contribution in [0.1, 0.15) is 29.4 Å². The number of rotatable bonds is 10. The molecule has 0 aliphatic carbocycles. The molecule has 0 amide bonds. The molecular weight excluding hydrogens is 450 g/mol. The summed E-state index contributed by atoms with van der Waals surface area (Å²) in [5, 5.41) is 14.5. The zero-order valence-corrected chi connectivity index (χ0v) is 20.0. The molecule has 2 aromatic carbocycles. The van der Waals surface area contributed by atoms with Crippen molar-refractivity contribution in [3.05, 3.63) is 76.1 Å². The summed E-state index contributed by atoms with van der Waals surface area (Å²) in [7, 11) is -3.85. The Morgan fingerprint density at radius 3 is 2.56 bits per heavy atom. The molecule has 0 radical (unpaired) electrons. The molecule has 9 heteroatoms. The lowest BCUT2D eigenvalue weighted by Gasteiger charge is -2.22. The fourth-order valence-corrected chi connectivity index (χ4v) is 5.58. The molecule has 0 bridgehead atoms. The number of aromatic nitrogens is 2. The molecule has 0 fully saturated rings. The normalized spacial score (nSPS) is 11.8. The lowest BCUT2D eigenvalue weighted by Crippen LogP contribution is -2.33. The second-order valence-corrected chi connectivity index (χ2v) is 9.69. The van der Waals surface area contributed by atoms with Crippen LogP contribution in [-0.2, 0) is 29.7 Å². The summed E-state index contributed by atoms with van der Waals surface area (Å²) in [6.07, 6.45) is 0. The first kappa shape index (κ1) is 24.3. The van der Waals surface area contributed by atoms with Crippen LogP contribution in [0.25, 0.3) is 0 Å². The maximum Gasteiger partial charge on any atom is 0.247 e. The van der Waals surface area contributed by atoms with Gasteiger partial charge in [-0.15, -0.1) is 0 Å². The Kier molecular flexibility index (Phi) is 7.95. The van der Waals surface area contributed by atoms with Crippen LogP contribution in [0.2, 0.25) is 5.02 Å². The summed E-state index contributed by atoms with van der Waals surface area (Å²) in [5.74, 6) is 0.606. The molecule has 0 atom stereocenters. The van der Waals surface area contributed by atoms with Gasteiger partial charge in [-0.05, 0) is 44.5 Å². The predicted octanol–water partition coefficient (Wildman–Crippen LogP) is 3.94. The molecule has 3 aromatic rings. The van der Waals surface area contributed by atoms with Crippen LogP contribution in [-0.4, -0.2) is 40.8 Å². The standard InChI is InChI=1S/C23H28ClN3O4S/c1-4-27-18(3)23(17(2)25-27)32(29,30)26(12-13-28)15-19-8-7-10-21(14-19)31-16-20-9-5-6-11-22(20)24/h5-11,14,28H,4,12-13,15-16H2,1-3H3. The number of aryl methyl sites for hydroxylation is 2. The van der Waals surface area contributed by atoms with Crippen molar-refractivity contribution in [1.29, 1.82) is 0 Å². The zero-order chi connectivity index (χ0) is 23.3. The SMILES string of the molecule is CCn1nc(C)c(S(=O)(=O)N(CCO)Cc2cccc(OCc3ccccc3Cl)c2)c1C. The van der Waals surface area contributed by atoms with E-state index in [1.807, 2.05) is 43.3 Å². The zero-order valence-electron chi connectivity index (χ0n) is 18.5. The highest BCUT2D eigenvalue weighted by molar-refractivity contribution is 7.89. The van der Waals surface area contributed by atoms with Gasteiger partial charge in [0, 0.05) is 30.2 Å². The molecule has 0 aliphatic rings. The Labute approximate surface area is 194 Å². The maximum absolute atomic E-state index is 13.4. The molecule has 32 heavy (non-hydrogen) atoms. The Morgan fingerprint density at radius 2 is 1.91 bits per heavy atom. The number of ether oxygens (including phenoxy) is 1. The first-order valence-corrected chi connectivity index (χ1v) is 12.2. The molecule has 0 aliphatic heterocycles. The van der Waals surface area contributed by atoms with Crippen LogP contribution in [0.5, 0.6) is 5.75 Å². The monoisotopic (exact) mass is 477 g/mol. The first-order chi connectivity index (χ1) is 15.3. The van der Waals surface area contributed by atoms with Crippen LogP contribution in [0, 0.1) is 13.8 Å². The molecule has 0 saturated heterocycles. The highest BCUT2D eigenvalue weighted by atomic mass is 35.5. The molecule has 1 N–H and O–H groups in total. The van der Waals surface area contributed by atoms with Gasteiger partial charge in [-0.2, -0.15) is 9.40 Å². The van der Waals surface area contributed by atoms with E-state index in [2.05, 4.69) is 5.10 Å². The van der Waals surface area contributed by atoms with Crippen LogP contribution >= 0.6 is 11.6 Å². The third-order valence-corrected chi connectivity index (χ3v) is 7.64. The van der Waals surface area contributed by atoms with Crippen molar-refractivity contribution in [2.45, 2.75) is 45.4 Å². The van der Waals surface area contributed by atoms with Crippen molar-refractivity contribution in [3.8, 4) is 5.75 Å². The Bertz CT molecular complexity index is 1180. The summed E-state index contributed by atoms with van der Waals surface area (Å²) in [6.45, 7) is 6.01. The lowest BCUT2D eigenvalue weighted by atomic mass is 10.2. The van der Waals surface area contributed by atoms with Crippen molar-refractivity contribution in [3.63, 3.8) is 0 Å². The van der Waals surface area contributed by atoms with Gasteiger partial charge in [0.1, 0.15) is 17.3 Å². The molecule has 1 aromatic heterocycles. The number of nitrogens with zero attached hydrogens (tertiary/aromatic N) is 3. The van der Waals surface area contributed by atoms with Crippen molar-refractivity contribution in [2.75, 3.05) is 13.2 Å². The van der Waals surface area contributed by atoms with Gasteiger partial charge in [0.15, 0.2) is 0 Å². The van der Waals surface area contributed by atoms with Crippen molar-refractivity contribution < 1.29 is 18.3 Å². The van der Waals surface area contributed by atoms with Gasteiger partial charge in [-0.3, -0.25) is 4.68 Å². The minimum Gasteiger partial charge on any atom is -0.489 e. The molecule has 7 nitrogen and oxygen atoms in total. The smallest absolute Gasteiger partial charge is 0.247 e. The van der Waals surface area contributed by atoms with E-state index in [9.17, 15) is 13.5 Å². The van der Waals surface area contributed by atoms with E-state index in [-0.39, 0.29) is 24.6 Å². The largest absolute Gasteiger partial charge is 0.489 e. The van der Waals surface area contributed by atoms with Crippen molar-refractivity contribution in [1.82, 2.24) is 14.1 Å². The van der Waals surface area contributed by atoms with Crippen LogP contribution in [0.3, 0.4) is 0 Å². The van der Waals surface area contributed by atoms with Crippen LogP contribution in [0.15, 0.2) is 53.4 Å². The number of benzene rings is 2. The summed E-state index contributed by atoms with van der Waals surface area (Å²) >= 11 is 6.19. The van der Waals surface area contributed by atoms with Gasteiger partial charge < -0.3 is 9.84 Å². The fourth-order valence-electron chi connectivity index (χ4n) is 3.60. The lowest BCUT2D eigenvalue weighted by molar-refractivity contribution is 0.250. The molecule has 172 valence electrons. The van der Waals surface area contributed by atoms with E-state index in [4.69, 9.17) is 16.3 Å². The van der Waals surface area contributed by atoms with E-state index in [0.29, 0.717) is 35.3 Å². The van der Waals surface area contributed by atoms with E-state index < -0.39 is 10.0 Å². The van der Waals surface area contributed by atoms with Gasteiger partial charge in [0.2, 0.25) is 10.0 Å². The predicted molar refractivity (Wildman–Crippen MR) is 124 cm³/mol. The average Bonchev–Trinajstić information content (AvgIpc) is 3.07. The summed E-state index contributed by atoms with van der Waals surface area (Å²) in [6, 6.07) is 14.7. The third kappa shape index (κ3) is 5.32. The highest BCUT2D eigenvalue weighted by Gasteiger charge is 2.30. The molecule has 0 saturated carbocycles. The van der Waals surface area contributed by atoms with Gasteiger partial charge in [0.05, 0.1) is 18.0 Å². The Hall–Kier alpha value is -2.39. The second-order valence-electron chi connectivity index (χ2n) is 7.41. The van der Waals surface area contributed by atoms with Gasteiger partial charge in [-0.25, -0.2) is 8.42 Å². The van der Waals surface area contributed by atoms with Crippen molar-refractivity contribution >= 4 is 21.6 Å². The van der Waals surface area contributed by atoms with Gasteiger partial charge in [0.25, 0.3) is 0 Å². The summed E-state index contributed by atoms with van der Waals surface area (Å²) in [4.78, 5) is 0.193. The molecule has 0 unspecified atom stereocenters. The fraction of sp³-hybridized carbons (Fsp3) is 0.348. The number of aliphatic hydroxyl groups excluding tert-OH is 1. The number of sulfonamides is 1. The quantitative estimate of drug-likeness (QED) is 0.478. The highest BCUT2D eigenvalue weighted by Crippen LogP contribution is 2.26. The Morgan fingerprint density at radius 1 is 1.16 bits per heavy atom. The van der Waals surface area contributed by atoms with E-state index in [1.54, 1.807) is 30.7 Å². The second kappa shape index (κ2) is 10.5. The van der Waals surface area contributed by atoms with Crippen molar-refractivity contribution in [2.24, 2.45) is 0 Å². The van der Waals surface area contributed by atoms with Crippen LogP contribution < -0.4 is 4.74 Å². The third-order valence-electron chi connectivity index (χ3n) is 5.17. The van der Waals surface area contributed by atoms with Gasteiger partial charge in [-0.1, -0.05) is 41.9 Å². The average molecular weight is 478 g/mol. The molecular formula is C23H28ClN3O4S. The topological polar surface area (TPSA) is 84.7 Å². The number of hydrogen-bond acceptors (Lipinski definition) is 5. The Balaban J connectivity index is 1.83. The van der Waals surface area contributed by atoms with E-state index in [0.717, 1.165) is 11.1 Å². The molecule has 1 heterocycles. The molecule has 3 rings (SSSR count). The van der Waals surface area contributed by atoms with Gasteiger partial charge >= 0.3 is 0 Å². The summed E-state index contributed by atoms with van der Waals surface area (Å²) < 4.78 is 35.7. The summed E-state index contributed by atoms with van der Waals surface area (Å²) in [5.41, 5.74) is 2.65. The van der Waals surface area contributed by atoms with Crippen LogP contribution in [0.4, 0.5) is 0 Å². The number of aliphatic hydroxyl groups is 1. The van der Waals surface area contributed by atoms with E-state index >= 15 is 0 Å². The first-order valence-electron chi connectivity index (χ1n) is 10.4. The minimum atomic E-state index is -3.85. The molecule has 0 spiro atoms. The maximum atomic E-state index is 13.4.